The number of alkyl halides is 4. The third-order valence-corrected chi connectivity index (χ3v) is 11.3. The summed E-state index contributed by atoms with van der Waals surface area (Å²) in [5.74, 6) is -7.51. The molecule has 0 aliphatic carbocycles. The molecule has 2 aliphatic rings. The molecule has 4 aromatic carbocycles. The van der Waals surface area contributed by atoms with Crippen molar-refractivity contribution >= 4 is 88.3 Å². The SMILES string of the molecule is COC(=O)[C@H]1O[C@@H](O[C@@H]2[C@@H](NC(=O)C(Cl)(Cl)Cl)[C@H](OCCNC(=O)OCc3ccccc3)O[C@H](COC(=O)c3ccccc3)[C@@H]2OC(=O)CCl)[C@H](OC(=O)c2ccccc2)[C@@H](OC(=O)c2ccccc2)[C@@H]1O. The number of aliphatic hydroxyl groups is 1. The minimum atomic E-state index is -2.71. The van der Waals surface area contributed by atoms with Gasteiger partial charge in [-0.1, -0.05) is 120 Å². The maximum absolute atomic E-state index is 13.9. The molecule has 2 fully saturated rings. The van der Waals surface area contributed by atoms with Crippen LogP contribution in [-0.2, 0) is 68.4 Å². The minimum absolute atomic E-state index is 0.0322. The van der Waals surface area contributed by atoms with E-state index in [9.17, 15) is 38.7 Å². The summed E-state index contributed by atoms with van der Waals surface area (Å²) in [5.41, 5.74) is 0.723. The van der Waals surface area contributed by atoms with Gasteiger partial charge < -0.3 is 63.1 Å². The van der Waals surface area contributed by atoms with E-state index in [0.717, 1.165) is 7.11 Å². The normalized spacial score (nSPS) is 23.8. The molecule has 0 bridgehead atoms. The average Bonchev–Trinajstić information content (AvgIpc) is 3.39. The van der Waals surface area contributed by atoms with Crippen molar-refractivity contribution < 1.29 is 86.0 Å². The van der Waals surface area contributed by atoms with Crippen molar-refractivity contribution in [1.29, 1.82) is 0 Å². The van der Waals surface area contributed by atoms with Gasteiger partial charge in [-0.3, -0.25) is 9.59 Å². The van der Waals surface area contributed by atoms with E-state index in [-0.39, 0.29) is 29.8 Å². The van der Waals surface area contributed by atoms with Crippen molar-refractivity contribution in [1.82, 2.24) is 10.6 Å². The van der Waals surface area contributed by atoms with E-state index in [1.165, 1.54) is 60.7 Å². The lowest BCUT2D eigenvalue weighted by molar-refractivity contribution is -0.339. The highest BCUT2D eigenvalue weighted by Crippen LogP contribution is 2.36. The molecule has 2 amide bonds. The number of nitrogens with one attached hydrogen (secondary N) is 2. The Balaban J connectivity index is 1.42. The molecular formula is C48H46Cl4N2O18. The number of aliphatic hydroxyl groups excluding tert-OH is 1. The standard InChI is InChI=1S/C48H46Cl4N2O18/c1-63-43(60)38-34(56)37(69-41(58)29-18-10-4-11-19-29)39(70-42(59)30-20-12-5-13-21-30)45(72-38)71-36-33(54-46(61)48(50,51)52)44(64-23-22-53-47(62)66-25-27-14-6-2-7-15-27)67-31(35(36)68-32(55)24-49)26-65-40(57)28-16-8-3-9-17-28/h2-21,31,33-39,44-45,56H,22-26H2,1H3,(H,53,62)(H,54,61)/t31-,33-,34+,35+,36-,37+,38+,39-,44-,45-/m1/s1. The number of carbonyl (C=O) groups is 7. The molecule has 0 unspecified atom stereocenters. The number of halogens is 4. The lowest BCUT2D eigenvalue weighted by Gasteiger charge is -2.49. The monoisotopic (exact) mass is 1080 g/mol. The van der Waals surface area contributed by atoms with E-state index in [4.69, 9.17) is 93.8 Å². The quantitative estimate of drug-likeness (QED) is 0.0501. The molecule has 0 aromatic heterocycles. The largest absolute Gasteiger partial charge is 0.467 e. The third-order valence-electron chi connectivity index (χ3n) is 10.6. The van der Waals surface area contributed by atoms with E-state index < -0.39 is 126 Å². The van der Waals surface area contributed by atoms with Crippen LogP contribution in [0.5, 0.6) is 0 Å². The lowest BCUT2D eigenvalue weighted by Crippen LogP contribution is -2.70. The van der Waals surface area contributed by atoms with Gasteiger partial charge in [-0.2, -0.15) is 0 Å². The summed E-state index contributed by atoms with van der Waals surface area (Å²) in [7, 11) is 0.963. The van der Waals surface area contributed by atoms with Gasteiger partial charge in [0.1, 0.15) is 43.4 Å². The molecule has 4 aromatic rings. The van der Waals surface area contributed by atoms with Gasteiger partial charge in [0.2, 0.25) is 0 Å². The van der Waals surface area contributed by atoms with Crippen molar-refractivity contribution in [2.24, 2.45) is 0 Å². The number of hydrogen-bond acceptors (Lipinski definition) is 18. The number of benzene rings is 4. The second-order valence-corrected chi connectivity index (χ2v) is 18.0. The molecule has 6 rings (SSSR count). The molecule has 2 saturated heterocycles. The Labute approximate surface area is 431 Å². The van der Waals surface area contributed by atoms with Crippen LogP contribution in [0, 0.1) is 0 Å². The first-order valence-corrected chi connectivity index (χ1v) is 23.4. The fraction of sp³-hybridized carbons (Fsp3) is 0.354. The zero-order chi connectivity index (χ0) is 51.8. The number of carbonyl (C=O) groups excluding carboxylic acids is 7. The van der Waals surface area contributed by atoms with Crippen LogP contribution in [0.15, 0.2) is 121 Å². The van der Waals surface area contributed by atoms with Crippen molar-refractivity contribution in [2.45, 2.75) is 71.7 Å². The molecule has 0 spiro atoms. The van der Waals surface area contributed by atoms with Gasteiger partial charge in [0.05, 0.1) is 30.4 Å². The van der Waals surface area contributed by atoms with Crippen molar-refractivity contribution in [2.75, 3.05) is 32.7 Å². The van der Waals surface area contributed by atoms with Crippen LogP contribution in [0.25, 0.3) is 0 Å². The van der Waals surface area contributed by atoms with Crippen LogP contribution in [0.2, 0.25) is 0 Å². The van der Waals surface area contributed by atoms with Crippen LogP contribution >= 0.6 is 46.4 Å². The lowest BCUT2D eigenvalue weighted by atomic mass is 9.94. The van der Waals surface area contributed by atoms with Crippen molar-refractivity contribution in [3.8, 4) is 0 Å². The topological polar surface area (TPSA) is 256 Å². The number of ether oxygens (including phenoxy) is 10. The first-order valence-electron chi connectivity index (χ1n) is 21.7. The maximum atomic E-state index is 13.9. The number of hydrogen-bond donors (Lipinski definition) is 3. The summed E-state index contributed by atoms with van der Waals surface area (Å²) in [6.07, 6.45) is -18.6. The van der Waals surface area contributed by atoms with Gasteiger partial charge in [-0.05, 0) is 42.0 Å². The first-order chi connectivity index (χ1) is 34.6. The van der Waals surface area contributed by atoms with Crippen LogP contribution in [0.1, 0.15) is 36.6 Å². The number of rotatable bonds is 19. The highest BCUT2D eigenvalue weighted by atomic mass is 35.6. The Kier molecular flexibility index (Phi) is 20.4. The summed E-state index contributed by atoms with van der Waals surface area (Å²) < 4.78 is 55.5. The van der Waals surface area contributed by atoms with Crippen LogP contribution in [0.3, 0.4) is 0 Å². The van der Waals surface area contributed by atoms with E-state index in [1.807, 2.05) is 0 Å². The first kappa shape index (κ1) is 55.2. The molecule has 72 heavy (non-hydrogen) atoms. The molecule has 2 heterocycles. The van der Waals surface area contributed by atoms with Gasteiger partial charge in [-0.15, -0.1) is 11.6 Å². The molecule has 3 N–H and O–H groups in total. The molecule has 24 heteroatoms. The van der Waals surface area contributed by atoms with Gasteiger partial charge in [0, 0.05) is 6.54 Å². The van der Waals surface area contributed by atoms with Gasteiger partial charge in [-0.25, -0.2) is 24.0 Å². The van der Waals surface area contributed by atoms with Crippen LogP contribution in [-0.4, -0.2) is 145 Å². The zero-order valence-corrected chi connectivity index (χ0v) is 40.8. The number of methoxy groups -OCH3 is 1. The second-order valence-electron chi connectivity index (χ2n) is 15.5. The Morgan fingerprint density at radius 1 is 0.653 bits per heavy atom. The summed E-state index contributed by atoms with van der Waals surface area (Å²) in [4.78, 5) is 93.9. The number of alkyl carbamates (subject to hydrolysis) is 1. The summed E-state index contributed by atoms with van der Waals surface area (Å²) in [6.45, 7) is -1.51. The molecular weight excluding hydrogens is 1030 g/mol. The minimum Gasteiger partial charge on any atom is -0.467 e. The van der Waals surface area contributed by atoms with Crippen LogP contribution < -0.4 is 10.6 Å². The Morgan fingerprint density at radius 2 is 1.19 bits per heavy atom. The Morgan fingerprint density at radius 3 is 1.74 bits per heavy atom. The Hall–Kier alpha value is -6.07. The third kappa shape index (κ3) is 15.2. The van der Waals surface area contributed by atoms with E-state index in [1.54, 1.807) is 60.7 Å². The van der Waals surface area contributed by atoms with Crippen LogP contribution in [0.4, 0.5) is 4.79 Å². The Bertz CT molecular complexity index is 2460. The van der Waals surface area contributed by atoms with Crippen molar-refractivity contribution in [3.63, 3.8) is 0 Å². The predicted octanol–water partition coefficient (Wildman–Crippen LogP) is 4.61. The summed E-state index contributed by atoms with van der Waals surface area (Å²) in [5, 5.41) is 16.7. The molecule has 10 atom stereocenters. The van der Waals surface area contributed by atoms with E-state index in [0.29, 0.717) is 5.56 Å². The smallest absolute Gasteiger partial charge is 0.407 e. The summed E-state index contributed by atoms with van der Waals surface area (Å²) in [6, 6.07) is 29.5. The highest BCUT2D eigenvalue weighted by Gasteiger charge is 2.58. The summed E-state index contributed by atoms with van der Waals surface area (Å²) >= 11 is 24.1. The second kappa shape index (κ2) is 26.6. The fourth-order valence-corrected chi connectivity index (χ4v) is 7.39. The fourth-order valence-electron chi connectivity index (χ4n) is 7.16. The van der Waals surface area contributed by atoms with Gasteiger partial charge in [0.15, 0.2) is 37.0 Å². The number of amides is 2. The molecule has 20 nitrogen and oxygen atoms in total. The predicted molar refractivity (Wildman–Crippen MR) is 252 cm³/mol. The van der Waals surface area contributed by atoms with Crippen molar-refractivity contribution in [3.05, 3.63) is 144 Å². The molecule has 0 saturated carbocycles. The molecule has 0 radical (unpaired) electrons. The zero-order valence-electron chi connectivity index (χ0n) is 37.8. The van der Waals surface area contributed by atoms with E-state index in [2.05, 4.69) is 10.6 Å². The van der Waals surface area contributed by atoms with Gasteiger partial charge in [0.25, 0.3) is 9.70 Å². The van der Waals surface area contributed by atoms with Gasteiger partial charge >= 0.3 is 35.9 Å². The molecule has 384 valence electrons. The maximum Gasteiger partial charge on any atom is 0.407 e. The number of esters is 5. The van der Waals surface area contributed by atoms with E-state index >= 15 is 0 Å². The molecule has 2 aliphatic heterocycles. The average molecular weight is 1080 g/mol. The highest BCUT2D eigenvalue weighted by molar-refractivity contribution is 6.76.